The number of hydrogen-bond donors (Lipinski definition) is 1. The van der Waals surface area contributed by atoms with E-state index in [1.54, 1.807) is 18.2 Å². The van der Waals surface area contributed by atoms with E-state index in [2.05, 4.69) is 5.32 Å². The van der Waals surface area contributed by atoms with Crippen LogP contribution in [0.25, 0.3) is 10.8 Å². The lowest BCUT2D eigenvalue weighted by Gasteiger charge is -2.29. The number of nitrogens with one attached hydrogen (secondary N) is 1. The Kier molecular flexibility index (Phi) is 6.60. The number of amides is 1. The molecule has 3 aromatic carbocycles. The highest BCUT2D eigenvalue weighted by Crippen LogP contribution is 2.35. The van der Waals surface area contributed by atoms with Crippen LogP contribution in [0.2, 0.25) is 0 Å². The first-order chi connectivity index (χ1) is 15.8. The fourth-order valence-electron chi connectivity index (χ4n) is 3.73. The summed E-state index contributed by atoms with van der Waals surface area (Å²) in [5.74, 6) is 1.26. The molecule has 1 aliphatic heterocycles. The lowest BCUT2D eigenvalue weighted by Crippen LogP contribution is -2.48. The fraction of sp³-hybridized carbons (Fsp3) is 0.292. The molecule has 0 bridgehead atoms. The van der Waals surface area contributed by atoms with Crippen LogP contribution in [-0.4, -0.2) is 53.0 Å². The van der Waals surface area contributed by atoms with Gasteiger partial charge in [0.15, 0.2) is 11.5 Å². The highest BCUT2D eigenvalue weighted by Gasteiger charge is 2.30. The smallest absolute Gasteiger partial charge is 0.243 e. The fourth-order valence-corrected chi connectivity index (χ4v) is 4.89. The van der Waals surface area contributed by atoms with Crippen molar-refractivity contribution in [3.63, 3.8) is 0 Å². The van der Waals surface area contributed by atoms with Gasteiger partial charge in [-0.1, -0.05) is 30.3 Å². The SMILES string of the molecule is C[C@H](C(=O)NCCOc1ccc2ccccc2c1)N(c1ccc2c(c1)OCCO2)S(C)(=O)=O. The molecule has 0 unspecified atom stereocenters. The second-order valence-electron chi connectivity index (χ2n) is 7.71. The lowest BCUT2D eigenvalue weighted by molar-refractivity contribution is -0.121. The summed E-state index contributed by atoms with van der Waals surface area (Å²) in [6.07, 6.45) is 1.07. The zero-order valence-electron chi connectivity index (χ0n) is 18.5. The quantitative estimate of drug-likeness (QED) is 0.509. The van der Waals surface area contributed by atoms with Crippen molar-refractivity contribution in [3.05, 3.63) is 60.7 Å². The van der Waals surface area contributed by atoms with E-state index in [1.165, 1.54) is 6.92 Å². The normalized spacial score (nSPS) is 13.9. The maximum absolute atomic E-state index is 12.8. The molecule has 0 aromatic heterocycles. The van der Waals surface area contributed by atoms with Gasteiger partial charge in [-0.3, -0.25) is 9.10 Å². The second-order valence-corrected chi connectivity index (χ2v) is 9.57. The van der Waals surface area contributed by atoms with E-state index in [1.807, 2.05) is 42.5 Å². The third-order valence-corrected chi connectivity index (χ3v) is 6.50. The Labute approximate surface area is 193 Å². The van der Waals surface area contributed by atoms with Crippen molar-refractivity contribution in [2.24, 2.45) is 0 Å². The van der Waals surface area contributed by atoms with Gasteiger partial charge < -0.3 is 19.5 Å². The summed E-state index contributed by atoms with van der Waals surface area (Å²) in [6, 6.07) is 17.6. The molecule has 8 nitrogen and oxygen atoms in total. The molecule has 1 heterocycles. The van der Waals surface area contributed by atoms with Gasteiger partial charge in [-0.05, 0) is 42.0 Å². The summed E-state index contributed by atoms with van der Waals surface area (Å²) in [6.45, 7) is 2.83. The van der Waals surface area contributed by atoms with Gasteiger partial charge in [0.1, 0.15) is 31.6 Å². The van der Waals surface area contributed by atoms with Crippen LogP contribution in [0, 0.1) is 0 Å². The molecule has 0 saturated heterocycles. The van der Waals surface area contributed by atoms with E-state index in [0.29, 0.717) is 36.1 Å². The standard InChI is InChI=1S/C24H26N2O6S/c1-17(26(33(2,28)29)20-8-10-22-23(16-20)32-14-13-31-22)24(27)25-11-12-30-21-9-7-18-5-3-4-6-19(18)15-21/h3-10,15-17H,11-14H2,1-2H3,(H,25,27)/t17-/m1/s1. The summed E-state index contributed by atoms with van der Waals surface area (Å²) in [7, 11) is -3.74. The number of sulfonamides is 1. The number of nitrogens with zero attached hydrogens (tertiary/aromatic N) is 1. The molecule has 0 spiro atoms. The number of carbonyl (C=O) groups excluding carboxylic acids is 1. The first-order valence-electron chi connectivity index (χ1n) is 10.6. The molecular formula is C24H26N2O6S. The third kappa shape index (κ3) is 5.31. The van der Waals surface area contributed by atoms with Crippen LogP contribution in [-0.2, 0) is 14.8 Å². The summed E-state index contributed by atoms with van der Waals surface area (Å²) in [5.41, 5.74) is 0.330. The molecule has 0 radical (unpaired) electrons. The van der Waals surface area contributed by atoms with Gasteiger partial charge in [0.25, 0.3) is 0 Å². The molecule has 1 N–H and O–H groups in total. The Hall–Kier alpha value is -3.46. The van der Waals surface area contributed by atoms with Crippen LogP contribution in [0.15, 0.2) is 60.7 Å². The molecular weight excluding hydrogens is 444 g/mol. The van der Waals surface area contributed by atoms with Crippen LogP contribution in [0.1, 0.15) is 6.92 Å². The van der Waals surface area contributed by atoms with Crippen molar-refractivity contribution >= 4 is 32.4 Å². The molecule has 1 amide bonds. The molecule has 0 saturated carbocycles. The number of carbonyl (C=O) groups is 1. The van der Waals surface area contributed by atoms with Gasteiger partial charge in [-0.25, -0.2) is 8.42 Å². The van der Waals surface area contributed by atoms with E-state index >= 15 is 0 Å². The number of anilines is 1. The molecule has 4 rings (SSSR count). The molecule has 33 heavy (non-hydrogen) atoms. The molecule has 1 aliphatic rings. The second kappa shape index (κ2) is 9.58. The zero-order valence-corrected chi connectivity index (χ0v) is 19.3. The minimum atomic E-state index is -3.74. The Morgan fingerprint density at radius 1 is 1.03 bits per heavy atom. The van der Waals surface area contributed by atoms with Crippen molar-refractivity contribution in [2.45, 2.75) is 13.0 Å². The van der Waals surface area contributed by atoms with E-state index in [4.69, 9.17) is 14.2 Å². The predicted molar refractivity (Wildman–Crippen MR) is 127 cm³/mol. The zero-order chi connectivity index (χ0) is 23.4. The number of hydrogen-bond acceptors (Lipinski definition) is 6. The van der Waals surface area contributed by atoms with Crippen molar-refractivity contribution in [1.29, 1.82) is 0 Å². The predicted octanol–water partition coefficient (Wildman–Crippen LogP) is 2.96. The van der Waals surface area contributed by atoms with Crippen molar-refractivity contribution in [3.8, 4) is 17.2 Å². The largest absolute Gasteiger partial charge is 0.492 e. The van der Waals surface area contributed by atoms with Gasteiger partial charge in [0, 0.05) is 6.07 Å². The average molecular weight is 471 g/mol. The molecule has 1 atom stereocenters. The molecule has 3 aromatic rings. The lowest BCUT2D eigenvalue weighted by atomic mass is 10.1. The van der Waals surface area contributed by atoms with Gasteiger partial charge in [-0.15, -0.1) is 0 Å². The van der Waals surface area contributed by atoms with E-state index in [0.717, 1.165) is 21.3 Å². The maximum atomic E-state index is 12.8. The minimum Gasteiger partial charge on any atom is -0.492 e. The maximum Gasteiger partial charge on any atom is 0.243 e. The van der Waals surface area contributed by atoms with Crippen LogP contribution in [0.3, 0.4) is 0 Å². The minimum absolute atomic E-state index is 0.231. The first kappa shape index (κ1) is 22.7. The number of ether oxygens (including phenoxy) is 3. The molecule has 9 heteroatoms. The Morgan fingerprint density at radius 3 is 2.52 bits per heavy atom. The number of benzene rings is 3. The van der Waals surface area contributed by atoms with Crippen molar-refractivity contribution < 1.29 is 27.4 Å². The topological polar surface area (TPSA) is 94.2 Å². The summed E-state index contributed by atoms with van der Waals surface area (Å²) < 4.78 is 42.9. The first-order valence-corrected chi connectivity index (χ1v) is 12.5. The number of fused-ring (bicyclic) bond motifs is 2. The highest BCUT2D eigenvalue weighted by atomic mass is 32.2. The summed E-state index contributed by atoms with van der Waals surface area (Å²) in [4.78, 5) is 12.8. The van der Waals surface area contributed by atoms with Crippen LogP contribution >= 0.6 is 0 Å². The Bertz CT molecular complexity index is 1260. The van der Waals surface area contributed by atoms with E-state index < -0.39 is 22.0 Å². The summed E-state index contributed by atoms with van der Waals surface area (Å²) in [5, 5.41) is 4.93. The van der Waals surface area contributed by atoms with Crippen LogP contribution in [0.4, 0.5) is 5.69 Å². The molecule has 0 aliphatic carbocycles. The van der Waals surface area contributed by atoms with Gasteiger partial charge in [0.05, 0.1) is 18.5 Å². The molecule has 174 valence electrons. The highest BCUT2D eigenvalue weighted by molar-refractivity contribution is 7.92. The van der Waals surface area contributed by atoms with E-state index in [9.17, 15) is 13.2 Å². The molecule has 0 fully saturated rings. The summed E-state index contributed by atoms with van der Waals surface area (Å²) >= 11 is 0. The average Bonchev–Trinajstić information content (AvgIpc) is 2.80. The monoisotopic (exact) mass is 470 g/mol. The van der Waals surface area contributed by atoms with Crippen molar-refractivity contribution in [1.82, 2.24) is 5.32 Å². The Morgan fingerprint density at radius 2 is 1.76 bits per heavy atom. The van der Waals surface area contributed by atoms with Gasteiger partial charge in [0.2, 0.25) is 15.9 Å². The number of rotatable bonds is 8. The third-order valence-electron chi connectivity index (χ3n) is 5.26. The van der Waals surface area contributed by atoms with Gasteiger partial charge >= 0.3 is 0 Å². The van der Waals surface area contributed by atoms with Crippen LogP contribution in [0.5, 0.6) is 17.2 Å². The van der Waals surface area contributed by atoms with Crippen molar-refractivity contribution in [2.75, 3.05) is 36.9 Å². The van der Waals surface area contributed by atoms with Gasteiger partial charge in [-0.2, -0.15) is 0 Å². The van der Waals surface area contributed by atoms with E-state index in [-0.39, 0.29) is 13.2 Å². The Balaban J connectivity index is 1.38. The van der Waals surface area contributed by atoms with Crippen LogP contribution < -0.4 is 23.8 Å².